The quantitative estimate of drug-likeness (QED) is 0.506. The van der Waals surface area contributed by atoms with Gasteiger partial charge in [-0.3, -0.25) is 4.68 Å². The summed E-state index contributed by atoms with van der Waals surface area (Å²) in [6.07, 6.45) is 3.57. The summed E-state index contributed by atoms with van der Waals surface area (Å²) in [7, 11) is 0. The van der Waals surface area contributed by atoms with Gasteiger partial charge >= 0.3 is 0 Å². The van der Waals surface area contributed by atoms with Crippen molar-refractivity contribution in [1.29, 1.82) is 0 Å². The highest BCUT2D eigenvalue weighted by Crippen LogP contribution is 2.15. The monoisotopic (exact) mass is 392 g/mol. The highest BCUT2D eigenvalue weighted by Gasteiger charge is 2.03. The Morgan fingerprint density at radius 1 is 0.929 bits per heavy atom. The van der Waals surface area contributed by atoms with Gasteiger partial charge in [-0.2, -0.15) is 5.10 Å². The van der Waals surface area contributed by atoms with E-state index in [2.05, 4.69) is 72.0 Å². The van der Waals surface area contributed by atoms with Crippen LogP contribution in [0.2, 0.25) is 0 Å². The molecule has 146 valence electrons. The number of hydrogen-bond donors (Lipinski definition) is 2. The highest BCUT2D eigenvalue weighted by molar-refractivity contribution is 7.80. The van der Waals surface area contributed by atoms with Crippen LogP contribution in [0.3, 0.4) is 0 Å². The Hall–Kier alpha value is -2.66. The number of benzene rings is 2. The Morgan fingerprint density at radius 3 is 2.00 bits per heavy atom. The number of aryl methyl sites for hydroxylation is 3. The van der Waals surface area contributed by atoms with E-state index in [0.717, 1.165) is 30.0 Å². The van der Waals surface area contributed by atoms with E-state index in [1.165, 1.54) is 29.7 Å². The summed E-state index contributed by atoms with van der Waals surface area (Å²) in [6, 6.07) is 18.9. The molecule has 0 atom stereocenters. The zero-order chi connectivity index (χ0) is 19.9. The van der Waals surface area contributed by atoms with Crippen LogP contribution in [0.15, 0.2) is 54.6 Å². The van der Waals surface area contributed by atoms with Crippen LogP contribution in [-0.4, -0.2) is 14.9 Å². The third-order valence-corrected chi connectivity index (χ3v) is 4.88. The first-order valence-corrected chi connectivity index (χ1v) is 10.2. The molecular weight excluding hydrogens is 364 g/mol. The van der Waals surface area contributed by atoms with Gasteiger partial charge in [0.05, 0.1) is 12.2 Å². The van der Waals surface area contributed by atoms with Crippen LogP contribution in [0.4, 0.5) is 11.4 Å². The summed E-state index contributed by atoms with van der Waals surface area (Å²) in [5.74, 6) is 0. The first-order chi connectivity index (χ1) is 13.5. The molecule has 0 amide bonds. The van der Waals surface area contributed by atoms with Gasteiger partial charge in [0.25, 0.3) is 0 Å². The fourth-order valence-corrected chi connectivity index (χ4v) is 3.37. The number of thiocarbonyl (C=S) groups is 1. The van der Waals surface area contributed by atoms with Crippen molar-refractivity contribution in [2.45, 2.75) is 46.6 Å². The van der Waals surface area contributed by atoms with Gasteiger partial charge in [0.1, 0.15) is 0 Å². The SMILES string of the molecule is CCCCc1ccc(NC(=S)Nc2ccc(Cn3nc(C)cc3C)cc2)cc1. The number of aromatic nitrogens is 2. The maximum atomic E-state index is 5.44. The Labute approximate surface area is 173 Å². The van der Waals surface area contributed by atoms with Gasteiger partial charge in [-0.05, 0) is 80.4 Å². The number of unbranched alkanes of at least 4 members (excludes halogenated alkanes) is 1. The Kier molecular flexibility index (Phi) is 6.82. The third-order valence-electron chi connectivity index (χ3n) is 4.68. The fraction of sp³-hybridized carbons (Fsp3) is 0.304. The lowest BCUT2D eigenvalue weighted by Crippen LogP contribution is -2.19. The van der Waals surface area contributed by atoms with Crippen molar-refractivity contribution in [3.63, 3.8) is 0 Å². The van der Waals surface area contributed by atoms with Crippen molar-refractivity contribution in [1.82, 2.24) is 9.78 Å². The van der Waals surface area contributed by atoms with E-state index < -0.39 is 0 Å². The molecule has 0 fully saturated rings. The van der Waals surface area contributed by atoms with Crippen molar-refractivity contribution in [3.8, 4) is 0 Å². The van der Waals surface area contributed by atoms with Gasteiger partial charge in [0.15, 0.2) is 5.11 Å². The van der Waals surface area contributed by atoms with E-state index in [1.54, 1.807) is 0 Å². The number of hydrogen-bond acceptors (Lipinski definition) is 2. The standard InChI is InChI=1S/C23H28N4S/c1-4-5-6-19-7-11-21(12-8-19)24-23(28)25-22-13-9-20(10-14-22)16-27-18(3)15-17(2)26-27/h7-15H,4-6,16H2,1-3H3,(H2,24,25,28). The summed E-state index contributed by atoms with van der Waals surface area (Å²) in [4.78, 5) is 0. The molecule has 2 N–H and O–H groups in total. The Bertz CT molecular complexity index is 911. The van der Waals surface area contributed by atoms with Gasteiger partial charge < -0.3 is 10.6 Å². The van der Waals surface area contributed by atoms with Crippen molar-refractivity contribution >= 4 is 28.7 Å². The van der Waals surface area contributed by atoms with E-state index in [1.807, 2.05) is 23.7 Å². The van der Waals surface area contributed by atoms with Gasteiger partial charge in [-0.25, -0.2) is 0 Å². The smallest absolute Gasteiger partial charge is 0.175 e. The second-order valence-electron chi connectivity index (χ2n) is 7.16. The summed E-state index contributed by atoms with van der Waals surface area (Å²) in [6.45, 7) is 7.08. The van der Waals surface area contributed by atoms with Crippen molar-refractivity contribution in [2.24, 2.45) is 0 Å². The molecule has 0 unspecified atom stereocenters. The minimum atomic E-state index is 0.590. The molecule has 0 bridgehead atoms. The van der Waals surface area contributed by atoms with Gasteiger partial charge in [-0.1, -0.05) is 37.6 Å². The van der Waals surface area contributed by atoms with Crippen LogP contribution in [0.1, 0.15) is 42.3 Å². The minimum Gasteiger partial charge on any atom is -0.332 e. The molecule has 3 rings (SSSR count). The summed E-state index contributed by atoms with van der Waals surface area (Å²) < 4.78 is 2.02. The Morgan fingerprint density at radius 2 is 1.50 bits per heavy atom. The lowest BCUT2D eigenvalue weighted by atomic mass is 10.1. The molecule has 1 aromatic heterocycles. The molecule has 1 heterocycles. The molecule has 4 nitrogen and oxygen atoms in total. The molecular formula is C23H28N4S. The molecule has 0 spiro atoms. The highest BCUT2D eigenvalue weighted by atomic mass is 32.1. The number of nitrogens with one attached hydrogen (secondary N) is 2. The van der Waals surface area contributed by atoms with E-state index >= 15 is 0 Å². The maximum absolute atomic E-state index is 5.44. The minimum absolute atomic E-state index is 0.590. The van der Waals surface area contributed by atoms with Crippen LogP contribution < -0.4 is 10.6 Å². The predicted molar refractivity (Wildman–Crippen MR) is 122 cm³/mol. The molecule has 0 aliphatic rings. The molecule has 2 aromatic carbocycles. The molecule has 0 saturated carbocycles. The summed E-state index contributed by atoms with van der Waals surface area (Å²) in [5.41, 5.74) is 6.76. The molecule has 0 saturated heterocycles. The topological polar surface area (TPSA) is 41.9 Å². The van der Waals surface area contributed by atoms with Gasteiger partial charge in [0.2, 0.25) is 0 Å². The van der Waals surface area contributed by atoms with E-state index in [4.69, 9.17) is 12.2 Å². The molecule has 0 aliphatic heterocycles. The zero-order valence-electron chi connectivity index (χ0n) is 16.8. The average molecular weight is 393 g/mol. The van der Waals surface area contributed by atoms with Crippen LogP contribution >= 0.6 is 12.2 Å². The van der Waals surface area contributed by atoms with E-state index in [0.29, 0.717) is 5.11 Å². The van der Waals surface area contributed by atoms with Crippen LogP contribution in [-0.2, 0) is 13.0 Å². The largest absolute Gasteiger partial charge is 0.332 e. The van der Waals surface area contributed by atoms with Crippen LogP contribution in [0.25, 0.3) is 0 Å². The fourth-order valence-electron chi connectivity index (χ4n) is 3.13. The van der Waals surface area contributed by atoms with Crippen molar-refractivity contribution < 1.29 is 0 Å². The number of nitrogens with zero attached hydrogens (tertiary/aromatic N) is 2. The third kappa shape index (κ3) is 5.67. The Balaban J connectivity index is 1.53. The summed E-state index contributed by atoms with van der Waals surface area (Å²) >= 11 is 5.44. The van der Waals surface area contributed by atoms with Crippen LogP contribution in [0.5, 0.6) is 0 Å². The normalized spacial score (nSPS) is 10.7. The number of anilines is 2. The van der Waals surface area contributed by atoms with Crippen LogP contribution in [0, 0.1) is 13.8 Å². The van der Waals surface area contributed by atoms with Gasteiger partial charge in [-0.15, -0.1) is 0 Å². The second kappa shape index (κ2) is 9.51. The first-order valence-electron chi connectivity index (χ1n) is 9.80. The average Bonchev–Trinajstić information content (AvgIpc) is 2.99. The van der Waals surface area contributed by atoms with Crippen molar-refractivity contribution in [3.05, 3.63) is 77.1 Å². The zero-order valence-corrected chi connectivity index (χ0v) is 17.6. The lowest BCUT2D eigenvalue weighted by Gasteiger charge is -2.12. The number of rotatable bonds is 7. The second-order valence-corrected chi connectivity index (χ2v) is 7.57. The first kappa shape index (κ1) is 20.1. The molecule has 0 radical (unpaired) electrons. The predicted octanol–water partition coefficient (Wildman–Crippen LogP) is 5.70. The molecule has 3 aromatic rings. The molecule has 28 heavy (non-hydrogen) atoms. The molecule has 0 aliphatic carbocycles. The van der Waals surface area contributed by atoms with Gasteiger partial charge in [0, 0.05) is 17.1 Å². The molecule has 5 heteroatoms. The lowest BCUT2D eigenvalue weighted by molar-refractivity contribution is 0.659. The van der Waals surface area contributed by atoms with Crippen molar-refractivity contribution in [2.75, 3.05) is 10.6 Å². The summed E-state index contributed by atoms with van der Waals surface area (Å²) in [5, 5.41) is 11.6. The van der Waals surface area contributed by atoms with E-state index in [9.17, 15) is 0 Å². The maximum Gasteiger partial charge on any atom is 0.175 e. The van der Waals surface area contributed by atoms with E-state index in [-0.39, 0.29) is 0 Å².